The maximum Gasteiger partial charge on any atom is 0.145 e. The molecule has 0 aliphatic rings. The smallest absolute Gasteiger partial charge is 0.145 e. The van der Waals surface area contributed by atoms with Crippen LogP contribution < -0.4 is 10.1 Å². The van der Waals surface area contributed by atoms with Crippen molar-refractivity contribution in [2.45, 2.75) is 32.4 Å². The molecule has 0 radical (unpaired) electrons. The highest BCUT2D eigenvalue weighted by molar-refractivity contribution is 5.84. The van der Waals surface area contributed by atoms with Gasteiger partial charge < -0.3 is 15.2 Å². The number of methoxy groups -OCH3 is 1. The number of nitrogens with one attached hydrogen (secondary N) is 1. The number of hydrogen-bond acceptors (Lipinski definition) is 4. The quantitative estimate of drug-likeness (QED) is 0.850. The monoisotopic (exact) mass is 274 g/mol. The molecule has 0 amide bonds. The predicted octanol–water partition coefficient (Wildman–Crippen LogP) is 2.49. The van der Waals surface area contributed by atoms with Gasteiger partial charge in [0, 0.05) is 17.5 Å². The fourth-order valence-electron chi connectivity index (χ4n) is 2.02. The minimum absolute atomic E-state index is 0.112. The molecule has 1 aromatic carbocycles. The number of hydrogen-bond donors (Lipinski definition) is 2. The number of benzene rings is 1. The normalized spacial score (nSPS) is 14.2. The molecular formula is C16H22N2O2. The van der Waals surface area contributed by atoms with Crippen LogP contribution in [0.15, 0.2) is 30.3 Å². The lowest BCUT2D eigenvalue weighted by molar-refractivity contribution is 0.168. The summed E-state index contributed by atoms with van der Waals surface area (Å²) in [6.07, 6.45) is 0.862. The zero-order valence-electron chi connectivity index (χ0n) is 12.3. The lowest BCUT2D eigenvalue weighted by atomic mass is 10.0. The average Bonchev–Trinajstić information content (AvgIpc) is 2.51. The average molecular weight is 274 g/mol. The van der Waals surface area contributed by atoms with Gasteiger partial charge in [-0.05, 0) is 25.5 Å². The molecule has 1 heterocycles. The molecule has 0 bridgehead atoms. The Morgan fingerprint density at radius 2 is 2.10 bits per heavy atom. The van der Waals surface area contributed by atoms with Gasteiger partial charge in [-0.15, -0.1) is 0 Å². The van der Waals surface area contributed by atoms with E-state index < -0.39 is 0 Å². The number of pyridine rings is 1. The number of aliphatic hydroxyl groups is 1. The van der Waals surface area contributed by atoms with Crippen LogP contribution in [0.3, 0.4) is 0 Å². The number of nitrogens with zero attached hydrogens (tertiary/aromatic N) is 1. The van der Waals surface area contributed by atoms with E-state index in [1.165, 1.54) is 0 Å². The summed E-state index contributed by atoms with van der Waals surface area (Å²) in [5.41, 5.74) is 1.55. The van der Waals surface area contributed by atoms with E-state index in [-0.39, 0.29) is 12.1 Å². The number of aliphatic hydroxyl groups excluding tert-OH is 1. The van der Waals surface area contributed by atoms with Crippen molar-refractivity contribution < 1.29 is 9.84 Å². The molecule has 0 aliphatic heterocycles. The van der Waals surface area contributed by atoms with Gasteiger partial charge in [0.05, 0.1) is 19.4 Å². The van der Waals surface area contributed by atoms with Crippen molar-refractivity contribution in [1.82, 2.24) is 10.3 Å². The first-order chi connectivity index (χ1) is 9.61. The highest BCUT2D eigenvalue weighted by atomic mass is 16.5. The minimum Gasteiger partial charge on any atom is -0.494 e. The maximum absolute atomic E-state index is 9.41. The van der Waals surface area contributed by atoms with Gasteiger partial charge in [0.2, 0.25) is 0 Å². The summed E-state index contributed by atoms with van der Waals surface area (Å²) < 4.78 is 5.35. The SMILES string of the molecule is CCC(C)(CO)NCc1ccc2cccc(OC)c2n1. The first-order valence-corrected chi connectivity index (χ1v) is 6.90. The van der Waals surface area contributed by atoms with Crippen LogP contribution in [0.2, 0.25) is 0 Å². The molecule has 1 unspecified atom stereocenters. The van der Waals surface area contributed by atoms with E-state index >= 15 is 0 Å². The van der Waals surface area contributed by atoms with Crippen molar-refractivity contribution in [2.75, 3.05) is 13.7 Å². The van der Waals surface area contributed by atoms with Gasteiger partial charge >= 0.3 is 0 Å². The Hall–Kier alpha value is -1.65. The molecule has 2 aromatic rings. The topological polar surface area (TPSA) is 54.4 Å². The summed E-state index contributed by atoms with van der Waals surface area (Å²) in [4.78, 5) is 4.65. The minimum atomic E-state index is -0.266. The van der Waals surface area contributed by atoms with Crippen LogP contribution in [-0.2, 0) is 6.54 Å². The van der Waals surface area contributed by atoms with Gasteiger partial charge in [-0.3, -0.25) is 0 Å². The van der Waals surface area contributed by atoms with Crippen LogP contribution >= 0.6 is 0 Å². The van der Waals surface area contributed by atoms with E-state index in [1.54, 1.807) is 7.11 Å². The molecule has 2 rings (SSSR count). The zero-order valence-corrected chi connectivity index (χ0v) is 12.3. The van der Waals surface area contributed by atoms with Crippen LogP contribution in [0.1, 0.15) is 26.0 Å². The molecule has 2 N–H and O–H groups in total. The van der Waals surface area contributed by atoms with E-state index in [1.807, 2.05) is 37.3 Å². The summed E-state index contributed by atoms with van der Waals surface area (Å²) in [7, 11) is 1.65. The van der Waals surface area contributed by atoms with E-state index in [0.717, 1.165) is 28.8 Å². The molecule has 1 atom stereocenters. The molecule has 1 aromatic heterocycles. The van der Waals surface area contributed by atoms with Gasteiger partial charge in [0.25, 0.3) is 0 Å². The Balaban J connectivity index is 2.23. The standard InChI is InChI=1S/C16H22N2O2/c1-4-16(2,11-19)17-10-13-9-8-12-6-5-7-14(20-3)15(12)18-13/h5-9,17,19H,4,10-11H2,1-3H3. The molecule has 0 aliphatic carbocycles. The van der Waals surface area contributed by atoms with Crippen molar-refractivity contribution in [2.24, 2.45) is 0 Å². The van der Waals surface area contributed by atoms with Crippen molar-refractivity contribution in [3.8, 4) is 5.75 Å². The molecular weight excluding hydrogens is 252 g/mol. The molecule has 0 fully saturated rings. The molecule has 108 valence electrons. The summed E-state index contributed by atoms with van der Waals surface area (Å²) in [5, 5.41) is 13.8. The third-order valence-corrected chi connectivity index (χ3v) is 3.79. The molecule has 20 heavy (non-hydrogen) atoms. The second-order valence-electron chi connectivity index (χ2n) is 5.26. The van der Waals surface area contributed by atoms with E-state index in [2.05, 4.69) is 17.2 Å². The molecule has 0 saturated heterocycles. The first kappa shape index (κ1) is 14.8. The Morgan fingerprint density at radius 3 is 2.75 bits per heavy atom. The predicted molar refractivity (Wildman–Crippen MR) is 80.9 cm³/mol. The Kier molecular flexibility index (Phi) is 4.57. The molecule has 4 heteroatoms. The number of ether oxygens (including phenoxy) is 1. The van der Waals surface area contributed by atoms with E-state index in [0.29, 0.717) is 6.54 Å². The van der Waals surface area contributed by atoms with Crippen LogP contribution in [0.5, 0.6) is 5.75 Å². The zero-order chi connectivity index (χ0) is 14.6. The van der Waals surface area contributed by atoms with E-state index in [9.17, 15) is 5.11 Å². The number of aromatic nitrogens is 1. The van der Waals surface area contributed by atoms with Gasteiger partial charge in [-0.25, -0.2) is 4.98 Å². The highest BCUT2D eigenvalue weighted by Gasteiger charge is 2.19. The van der Waals surface area contributed by atoms with Crippen LogP contribution in [0.4, 0.5) is 0 Å². The van der Waals surface area contributed by atoms with Crippen LogP contribution in [0.25, 0.3) is 10.9 Å². The molecule has 4 nitrogen and oxygen atoms in total. The largest absolute Gasteiger partial charge is 0.494 e. The first-order valence-electron chi connectivity index (χ1n) is 6.90. The summed E-state index contributed by atoms with van der Waals surface area (Å²) in [6, 6.07) is 9.94. The van der Waals surface area contributed by atoms with Crippen molar-refractivity contribution in [1.29, 1.82) is 0 Å². The van der Waals surface area contributed by atoms with E-state index in [4.69, 9.17) is 4.74 Å². The van der Waals surface area contributed by atoms with Gasteiger partial charge in [-0.1, -0.05) is 25.1 Å². The molecule has 0 spiro atoms. The molecule has 0 saturated carbocycles. The Bertz CT molecular complexity index is 580. The van der Waals surface area contributed by atoms with Crippen molar-refractivity contribution in [3.63, 3.8) is 0 Å². The number of fused-ring (bicyclic) bond motifs is 1. The van der Waals surface area contributed by atoms with Gasteiger partial charge in [0.1, 0.15) is 11.3 Å². The summed E-state index contributed by atoms with van der Waals surface area (Å²) in [5.74, 6) is 0.782. The van der Waals surface area contributed by atoms with Gasteiger partial charge in [0.15, 0.2) is 0 Å². The lowest BCUT2D eigenvalue weighted by Gasteiger charge is -2.27. The maximum atomic E-state index is 9.41. The van der Waals surface area contributed by atoms with Crippen LogP contribution in [-0.4, -0.2) is 29.3 Å². The fraction of sp³-hybridized carbons (Fsp3) is 0.438. The summed E-state index contributed by atoms with van der Waals surface area (Å²) in [6.45, 7) is 4.80. The van der Waals surface area contributed by atoms with Gasteiger partial charge in [-0.2, -0.15) is 0 Å². The third kappa shape index (κ3) is 3.08. The fourth-order valence-corrected chi connectivity index (χ4v) is 2.02. The summed E-state index contributed by atoms with van der Waals surface area (Å²) >= 11 is 0. The second kappa shape index (κ2) is 6.20. The third-order valence-electron chi connectivity index (χ3n) is 3.79. The Labute approximate surface area is 119 Å². The second-order valence-corrected chi connectivity index (χ2v) is 5.26. The number of rotatable bonds is 6. The number of para-hydroxylation sites is 1. The van der Waals surface area contributed by atoms with Crippen molar-refractivity contribution in [3.05, 3.63) is 36.0 Å². The Morgan fingerprint density at radius 1 is 1.30 bits per heavy atom. The van der Waals surface area contributed by atoms with Crippen molar-refractivity contribution >= 4 is 10.9 Å². The lowest BCUT2D eigenvalue weighted by Crippen LogP contribution is -2.44. The van der Waals surface area contributed by atoms with Crippen LogP contribution in [0, 0.1) is 0 Å². The highest BCUT2D eigenvalue weighted by Crippen LogP contribution is 2.23.